The van der Waals surface area contributed by atoms with Gasteiger partial charge < -0.3 is 0 Å². The highest BCUT2D eigenvalue weighted by atomic mass is 14.8. The summed E-state index contributed by atoms with van der Waals surface area (Å²) in [5.74, 6) is 0. The fourth-order valence-electron chi connectivity index (χ4n) is 0.934. The Morgan fingerprint density at radius 3 is 1.17 bits per heavy atom. The van der Waals surface area contributed by atoms with Crippen LogP contribution in [0.1, 0.15) is 36.6 Å². The van der Waals surface area contributed by atoms with Gasteiger partial charge in [-0.3, -0.25) is 19.9 Å². The minimum absolute atomic E-state index is 0.968. The summed E-state index contributed by atoms with van der Waals surface area (Å²) in [6.45, 7) is 11.7. The van der Waals surface area contributed by atoms with Crippen molar-refractivity contribution in [2.75, 3.05) is 0 Å². The zero-order chi connectivity index (χ0) is 14.0. The van der Waals surface area contributed by atoms with Crippen molar-refractivity contribution < 1.29 is 0 Å². The second-order valence-corrected chi connectivity index (χ2v) is 3.53. The molecular weight excluding hydrogens is 224 g/mol. The van der Waals surface area contributed by atoms with E-state index in [4.69, 9.17) is 0 Å². The smallest absolute Gasteiger partial charge is 0.0584 e. The molecule has 2 aromatic heterocycles. The first kappa shape index (κ1) is 16.2. The second-order valence-electron chi connectivity index (χ2n) is 3.53. The molecule has 0 aliphatic heterocycles. The lowest BCUT2D eigenvalue weighted by molar-refractivity contribution is 1.05. The predicted octanol–water partition coefficient (Wildman–Crippen LogP) is 3.21. The van der Waals surface area contributed by atoms with Gasteiger partial charge in [0.1, 0.15) is 0 Å². The van der Waals surface area contributed by atoms with Crippen molar-refractivity contribution in [3.8, 4) is 0 Å². The molecule has 0 spiro atoms. The molecule has 0 aliphatic carbocycles. The Labute approximate surface area is 110 Å². The van der Waals surface area contributed by atoms with Crippen molar-refractivity contribution in [1.29, 1.82) is 0 Å². The molecule has 0 unspecified atom stereocenters. The van der Waals surface area contributed by atoms with Crippen LogP contribution in [0, 0.1) is 27.7 Å². The Hall–Kier alpha value is -1.84. The summed E-state index contributed by atoms with van der Waals surface area (Å²) in [7, 11) is 0. The molecule has 2 rings (SSSR count). The van der Waals surface area contributed by atoms with Gasteiger partial charge in [0.05, 0.1) is 22.8 Å². The zero-order valence-electron chi connectivity index (χ0n) is 12.1. The van der Waals surface area contributed by atoms with E-state index in [2.05, 4.69) is 19.9 Å². The van der Waals surface area contributed by atoms with E-state index in [-0.39, 0.29) is 0 Å². The summed E-state index contributed by atoms with van der Waals surface area (Å²) >= 11 is 0. The number of nitrogens with zero attached hydrogens (tertiary/aromatic N) is 4. The van der Waals surface area contributed by atoms with Gasteiger partial charge >= 0.3 is 0 Å². The third kappa shape index (κ3) is 6.68. The summed E-state index contributed by atoms with van der Waals surface area (Å²) in [6.07, 6.45) is 6.91. The van der Waals surface area contributed by atoms with Gasteiger partial charge in [-0.25, -0.2) is 0 Å². The summed E-state index contributed by atoms with van der Waals surface area (Å²) in [6, 6.07) is 0. The van der Waals surface area contributed by atoms with Crippen LogP contribution in [0.5, 0.6) is 0 Å². The summed E-state index contributed by atoms with van der Waals surface area (Å²) in [5.41, 5.74) is 3.95. The molecule has 0 fully saturated rings. The van der Waals surface area contributed by atoms with Gasteiger partial charge in [-0.1, -0.05) is 13.8 Å². The lowest BCUT2D eigenvalue weighted by Crippen LogP contribution is -1.87. The van der Waals surface area contributed by atoms with E-state index >= 15 is 0 Å². The molecule has 0 saturated carbocycles. The van der Waals surface area contributed by atoms with Crippen molar-refractivity contribution in [1.82, 2.24) is 19.9 Å². The fraction of sp³-hybridized carbons (Fsp3) is 0.429. The maximum Gasteiger partial charge on any atom is 0.0584 e. The Morgan fingerprint density at radius 2 is 0.944 bits per heavy atom. The monoisotopic (exact) mass is 246 g/mol. The number of aromatic nitrogens is 4. The normalized spacial score (nSPS) is 8.56. The van der Waals surface area contributed by atoms with Gasteiger partial charge in [-0.05, 0) is 27.7 Å². The first-order valence-corrected chi connectivity index (χ1v) is 6.09. The Kier molecular flexibility index (Phi) is 8.27. The van der Waals surface area contributed by atoms with Gasteiger partial charge in [-0.15, -0.1) is 0 Å². The SMILES string of the molecule is CC.Cc1cnc(C)cn1.Cc1nccnc1C. The van der Waals surface area contributed by atoms with E-state index < -0.39 is 0 Å². The summed E-state index contributed by atoms with van der Waals surface area (Å²) in [4.78, 5) is 16.1. The van der Waals surface area contributed by atoms with Crippen LogP contribution in [-0.2, 0) is 0 Å². The Morgan fingerprint density at radius 1 is 0.611 bits per heavy atom. The number of hydrogen-bond acceptors (Lipinski definition) is 4. The number of hydrogen-bond donors (Lipinski definition) is 0. The number of rotatable bonds is 0. The van der Waals surface area contributed by atoms with Crippen molar-refractivity contribution in [3.05, 3.63) is 47.6 Å². The minimum atomic E-state index is 0.968. The zero-order valence-corrected chi connectivity index (χ0v) is 12.1. The molecular formula is C14H22N4. The van der Waals surface area contributed by atoms with Crippen LogP contribution >= 0.6 is 0 Å². The molecule has 0 aliphatic rings. The van der Waals surface area contributed by atoms with Crippen LogP contribution in [0.2, 0.25) is 0 Å². The van der Waals surface area contributed by atoms with E-state index in [0.29, 0.717) is 0 Å². The standard InChI is InChI=1S/2C6H8N2.C2H6/c1-5-3-8-6(2)4-7-5;1-5-6(2)8-4-3-7-5;1-2/h2*3-4H,1-2H3;1-2H3. The van der Waals surface area contributed by atoms with Gasteiger partial charge in [-0.2, -0.15) is 0 Å². The fourth-order valence-corrected chi connectivity index (χ4v) is 0.934. The summed E-state index contributed by atoms with van der Waals surface area (Å²) < 4.78 is 0. The molecule has 0 N–H and O–H groups in total. The average Bonchev–Trinajstić information content (AvgIpc) is 2.40. The maximum atomic E-state index is 4.02. The molecule has 0 bridgehead atoms. The molecule has 0 atom stereocenters. The predicted molar refractivity (Wildman–Crippen MR) is 74.4 cm³/mol. The molecule has 2 heterocycles. The second kappa shape index (κ2) is 9.22. The topological polar surface area (TPSA) is 51.6 Å². The van der Waals surface area contributed by atoms with Gasteiger partial charge in [0.2, 0.25) is 0 Å². The third-order valence-corrected chi connectivity index (χ3v) is 2.04. The molecule has 4 heteroatoms. The van der Waals surface area contributed by atoms with E-state index in [1.807, 2.05) is 41.5 Å². The molecule has 4 nitrogen and oxygen atoms in total. The van der Waals surface area contributed by atoms with Crippen molar-refractivity contribution in [2.24, 2.45) is 0 Å². The van der Waals surface area contributed by atoms with Gasteiger partial charge in [0.25, 0.3) is 0 Å². The molecule has 0 amide bonds. The lowest BCUT2D eigenvalue weighted by atomic mass is 10.4. The number of aryl methyl sites for hydroxylation is 4. The molecule has 0 radical (unpaired) electrons. The Balaban J connectivity index is 0.000000283. The maximum absolute atomic E-state index is 4.02. The molecule has 98 valence electrons. The highest BCUT2D eigenvalue weighted by Crippen LogP contribution is 1.93. The van der Waals surface area contributed by atoms with Gasteiger partial charge in [0.15, 0.2) is 0 Å². The van der Waals surface area contributed by atoms with Crippen molar-refractivity contribution >= 4 is 0 Å². The highest BCUT2D eigenvalue weighted by Gasteiger charge is 1.87. The van der Waals surface area contributed by atoms with E-state index in [9.17, 15) is 0 Å². The van der Waals surface area contributed by atoms with E-state index in [0.717, 1.165) is 22.8 Å². The van der Waals surface area contributed by atoms with Crippen LogP contribution in [0.3, 0.4) is 0 Å². The van der Waals surface area contributed by atoms with Gasteiger partial charge in [0, 0.05) is 24.8 Å². The van der Waals surface area contributed by atoms with Crippen LogP contribution < -0.4 is 0 Å². The quantitative estimate of drug-likeness (QED) is 0.716. The minimum Gasteiger partial charge on any atom is -0.258 e. The van der Waals surface area contributed by atoms with Crippen LogP contribution in [-0.4, -0.2) is 19.9 Å². The highest BCUT2D eigenvalue weighted by molar-refractivity contribution is 5.04. The third-order valence-electron chi connectivity index (χ3n) is 2.04. The van der Waals surface area contributed by atoms with E-state index in [1.165, 1.54) is 0 Å². The first-order chi connectivity index (χ1) is 8.59. The van der Waals surface area contributed by atoms with E-state index in [1.54, 1.807) is 24.8 Å². The average molecular weight is 246 g/mol. The molecule has 0 saturated heterocycles. The lowest BCUT2D eigenvalue weighted by Gasteiger charge is -1.91. The Bertz CT molecular complexity index is 396. The van der Waals surface area contributed by atoms with Crippen molar-refractivity contribution in [3.63, 3.8) is 0 Å². The molecule has 0 aromatic carbocycles. The van der Waals surface area contributed by atoms with Crippen LogP contribution in [0.4, 0.5) is 0 Å². The van der Waals surface area contributed by atoms with Crippen molar-refractivity contribution in [2.45, 2.75) is 41.5 Å². The van der Waals surface area contributed by atoms with Crippen LogP contribution in [0.15, 0.2) is 24.8 Å². The molecule has 2 aromatic rings. The first-order valence-electron chi connectivity index (χ1n) is 6.09. The largest absolute Gasteiger partial charge is 0.258 e. The molecule has 18 heavy (non-hydrogen) atoms. The summed E-state index contributed by atoms with van der Waals surface area (Å²) in [5, 5.41) is 0. The van der Waals surface area contributed by atoms with Crippen LogP contribution in [0.25, 0.3) is 0 Å².